The van der Waals surface area contributed by atoms with E-state index in [1.807, 2.05) is 17.0 Å². The second-order valence-electron chi connectivity index (χ2n) is 6.61. The molecule has 0 atom stereocenters. The molecule has 21 heavy (non-hydrogen) atoms. The van der Waals surface area contributed by atoms with E-state index in [0.29, 0.717) is 13.0 Å². The molecule has 3 heteroatoms. The zero-order valence-corrected chi connectivity index (χ0v) is 14.0. The van der Waals surface area contributed by atoms with Gasteiger partial charge in [0.05, 0.1) is 0 Å². The largest absolute Gasteiger partial charge is 0.342 e. The van der Waals surface area contributed by atoms with Crippen LogP contribution in [0.5, 0.6) is 0 Å². The van der Waals surface area contributed by atoms with Crippen molar-refractivity contribution in [3.8, 4) is 0 Å². The van der Waals surface area contributed by atoms with Crippen molar-refractivity contribution in [2.24, 2.45) is 11.1 Å². The average Bonchev–Trinajstić information content (AvgIpc) is 2.45. The third kappa shape index (κ3) is 5.88. The van der Waals surface area contributed by atoms with Crippen LogP contribution in [-0.2, 0) is 11.2 Å². The zero-order chi connectivity index (χ0) is 15.9. The lowest BCUT2D eigenvalue weighted by Gasteiger charge is -2.32. The van der Waals surface area contributed by atoms with Crippen LogP contribution in [0.25, 0.3) is 0 Å². The Morgan fingerprint density at radius 3 is 2.52 bits per heavy atom. The van der Waals surface area contributed by atoms with E-state index in [4.69, 9.17) is 5.73 Å². The van der Waals surface area contributed by atoms with E-state index in [9.17, 15) is 4.79 Å². The summed E-state index contributed by atoms with van der Waals surface area (Å²) in [4.78, 5) is 14.5. The Labute approximate surface area is 129 Å². The Balaban J connectivity index is 2.63. The summed E-state index contributed by atoms with van der Waals surface area (Å²) >= 11 is 0. The molecular weight excluding hydrogens is 260 g/mol. The first-order chi connectivity index (χ1) is 9.89. The summed E-state index contributed by atoms with van der Waals surface area (Å²) in [5.41, 5.74) is 8.30. The van der Waals surface area contributed by atoms with E-state index in [2.05, 4.69) is 39.8 Å². The molecular formula is C18H30N2O. The second-order valence-corrected chi connectivity index (χ2v) is 6.61. The number of aryl methyl sites for hydroxylation is 2. The molecule has 118 valence electrons. The predicted octanol–water partition coefficient (Wildman–Crippen LogP) is 3.15. The molecule has 3 nitrogen and oxygen atoms in total. The lowest BCUT2D eigenvalue weighted by Crippen LogP contribution is -2.42. The Bertz CT molecular complexity index is 454. The summed E-state index contributed by atoms with van der Waals surface area (Å²) in [6.45, 7) is 10.6. The highest BCUT2D eigenvalue weighted by Gasteiger charge is 2.23. The number of carbonyl (C=O) groups is 1. The number of benzene rings is 1. The van der Waals surface area contributed by atoms with E-state index >= 15 is 0 Å². The van der Waals surface area contributed by atoms with Gasteiger partial charge in [0.2, 0.25) is 5.91 Å². The van der Waals surface area contributed by atoms with Crippen LogP contribution >= 0.6 is 0 Å². The maximum Gasteiger partial charge on any atom is 0.222 e. The molecule has 1 aromatic rings. The minimum Gasteiger partial charge on any atom is -0.342 e. The van der Waals surface area contributed by atoms with Crippen LogP contribution in [0.1, 0.15) is 44.7 Å². The fraction of sp³-hybridized carbons (Fsp3) is 0.611. The highest BCUT2D eigenvalue weighted by molar-refractivity contribution is 5.76. The molecule has 0 saturated carbocycles. The standard InChI is InChI=1S/C18H30N2O/c1-5-12-20(14-18(3,4)13-19)17(21)11-10-16-9-7-6-8-15(16)2/h6-9H,5,10-14,19H2,1-4H3. The van der Waals surface area contributed by atoms with Gasteiger partial charge in [-0.05, 0) is 42.9 Å². The van der Waals surface area contributed by atoms with Gasteiger partial charge in [0.1, 0.15) is 0 Å². The molecule has 0 aliphatic heterocycles. The third-order valence-corrected chi connectivity index (χ3v) is 3.89. The molecule has 0 saturated heterocycles. The molecule has 0 bridgehead atoms. The summed E-state index contributed by atoms with van der Waals surface area (Å²) in [7, 11) is 0. The summed E-state index contributed by atoms with van der Waals surface area (Å²) in [6.07, 6.45) is 2.37. The summed E-state index contributed by atoms with van der Waals surface area (Å²) in [5, 5.41) is 0. The lowest BCUT2D eigenvalue weighted by molar-refractivity contribution is -0.132. The second kappa shape index (κ2) is 8.18. The fourth-order valence-corrected chi connectivity index (χ4v) is 2.43. The number of carbonyl (C=O) groups excluding carboxylic acids is 1. The molecule has 0 radical (unpaired) electrons. The minimum absolute atomic E-state index is 0.0203. The van der Waals surface area contributed by atoms with Gasteiger partial charge < -0.3 is 10.6 Å². The topological polar surface area (TPSA) is 46.3 Å². The zero-order valence-electron chi connectivity index (χ0n) is 14.0. The molecule has 0 spiro atoms. The number of hydrogen-bond donors (Lipinski definition) is 1. The summed E-state index contributed by atoms with van der Waals surface area (Å²) < 4.78 is 0. The lowest BCUT2D eigenvalue weighted by atomic mass is 9.92. The molecule has 1 aromatic carbocycles. The van der Waals surface area contributed by atoms with Gasteiger partial charge in [-0.1, -0.05) is 45.0 Å². The number of hydrogen-bond acceptors (Lipinski definition) is 2. The number of nitrogens with zero attached hydrogens (tertiary/aromatic N) is 1. The van der Waals surface area contributed by atoms with Gasteiger partial charge in [0, 0.05) is 19.5 Å². The van der Waals surface area contributed by atoms with Crippen molar-refractivity contribution in [3.63, 3.8) is 0 Å². The Hall–Kier alpha value is -1.35. The number of nitrogens with two attached hydrogens (primary N) is 1. The fourth-order valence-electron chi connectivity index (χ4n) is 2.43. The maximum atomic E-state index is 12.5. The highest BCUT2D eigenvalue weighted by atomic mass is 16.2. The first-order valence-electron chi connectivity index (χ1n) is 7.92. The van der Waals surface area contributed by atoms with Crippen LogP contribution in [0.3, 0.4) is 0 Å². The van der Waals surface area contributed by atoms with Crippen LogP contribution in [0, 0.1) is 12.3 Å². The van der Waals surface area contributed by atoms with Gasteiger partial charge in [-0.3, -0.25) is 4.79 Å². The van der Waals surface area contributed by atoms with Crippen LogP contribution in [0.2, 0.25) is 0 Å². The third-order valence-electron chi connectivity index (χ3n) is 3.89. The van der Waals surface area contributed by atoms with Crippen molar-refractivity contribution in [2.45, 2.75) is 47.0 Å². The van der Waals surface area contributed by atoms with E-state index in [-0.39, 0.29) is 11.3 Å². The quantitative estimate of drug-likeness (QED) is 0.799. The average molecular weight is 290 g/mol. The van der Waals surface area contributed by atoms with Crippen molar-refractivity contribution in [3.05, 3.63) is 35.4 Å². The van der Waals surface area contributed by atoms with Crippen molar-refractivity contribution in [1.82, 2.24) is 4.90 Å². The molecule has 1 amide bonds. The minimum atomic E-state index is -0.0203. The van der Waals surface area contributed by atoms with Gasteiger partial charge in [0.25, 0.3) is 0 Å². The smallest absolute Gasteiger partial charge is 0.222 e. The van der Waals surface area contributed by atoms with E-state index in [1.54, 1.807) is 0 Å². The van der Waals surface area contributed by atoms with Crippen molar-refractivity contribution in [1.29, 1.82) is 0 Å². The first-order valence-corrected chi connectivity index (χ1v) is 7.92. The van der Waals surface area contributed by atoms with E-state index in [0.717, 1.165) is 25.9 Å². The van der Waals surface area contributed by atoms with Crippen LogP contribution in [-0.4, -0.2) is 30.4 Å². The molecule has 0 aromatic heterocycles. The summed E-state index contributed by atoms with van der Waals surface area (Å²) in [5.74, 6) is 0.238. The Morgan fingerprint density at radius 2 is 1.95 bits per heavy atom. The monoisotopic (exact) mass is 290 g/mol. The van der Waals surface area contributed by atoms with Crippen molar-refractivity contribution < 1.29 is 4.79 Å². The number of amides is 1. The van der Waals surface area contributed by atoms with E-state index in [1.165, 1.54) is 11.1 Å². The van der Waals surface area contributed by atoms with Gasteiger partial charge >= 0.3 is 0 Å². The normalized spacial score (nSPS) is 11.5. The van der Waals surface area contributed by atoms with Gasteiger partial charge in [-0.15, -0.1) is 0 Å². The molecule has 0 aliphatic carbocycles. The Kier molecular flexibility index (Phi) is 6.90. The van der Waals surface area contributed by atoms with Gasteiger partial charge in [0.15, 0.2) is 0 Å². The molecule has 0 fully saturated rings. The molecule has 0 aliphatic rings. The van der Waals surface area contributed by atoms with Crippen molar-refractivity contribution >= 4 is 5.91 Å². The van der Waals surface area contributed by atoms with Gasteiger partial charge in [-0.25, -0.2) is 0 Å². The van der Waals surface area contributed by atoms with Crippen LogP contribution in [0.4, 0.5) is 0 Å². The highest BCUT2D eigenvalue weighted by Crippen LogP contribution is 2.17. The van der Waals surface area contributed by atoms with Gasteiger partial charge in [-0.2, -0.15) is 0 Å². The van der Waals surface area contributed by atoms with Crippen molar-refractivity contribution in [2.75, 3.05) is 19.6 Å². The molecule has 2 N–H and O–H groups in total. The van der Waals surface area contributed by atoms with Crippen LogP contribution < -0.4 is 5.73 Å². The molecule has 1 rings (SSSR count). The molecule has 0 unspecified atom stereocenters. The SMILES string of the molecule is CCCN(CC(C)(C)CN)C(=O)CCc1ccccc1C. The predicted molar refractivity (Wildman–Crippen MR) is 89.2 cm³/mol. The number of rotatable bonds is 8. The summed E-state index contributed by atoms with van der Waals surface area (Å²) in [6, 6.07) is 8.28. The maximum absolute atomic E-state index is 12.5. The molecule has 0 heterocycles. The van der Waals surface area contributed by atoms with E-state index < -0.39 is 0 Å². The Morgan fingerprint density at radius 1 is 1.29 bits per heavy atom. The van der Waals surface area contributed by atoms with Crippen LogP contribution in [0.15, 0.2) is 24.3 Å². The first kappa shape index (κ1) is 17.7.